The van der Waals surface area contributed by atoms with Gasteiger partial charge in [0.2, 0.25) is 0 Å². The molecule has 4 bridgehead atoms. The lowest BCUT2D eigenvalue weighted by molar-refractivity contribution is -0.136. The smallest absolute Gasteiger partial charge is 0.255 e. The zero-order valence-electron chi connectivity index (χ0n) is 18.1. The summed E-state index contributed by atoms with van der Waals surface area (Å²) in [6, 6.07) is 12.6. The van der Waals surface area contributed by atoms with Crippen LogP contribution in [0.25, 0.3) is 0 Å². The van der Waals surface area contributed by atoms with Crippen molar-refractivity contribution in [2.75, 3.05) is 7.11 Å². The van der Waals surface area contributed by atoms with Gasteiger partial charge in [-0.2, -0.15) is 0 Å². The van der Waals surface area contributed by atoms with E-state index in [2.05, 4.69) is 5.32 Å². The number of carbonyl (C=O) groups excluding carboxylic acids is 2. The Morgan fingerprint density at radius 1 is 1.03 bits per heavy atom. The SMILES string of the molecule is COc1cc(C(=O)c2ccccc2)cc(C)c1C(=O)NC1C2CC3CC1CC(O)(C3)C2. The number of ether oxygens (including phenoxy) is 1. The van der Waals surface area contributed by atoms with Crippen LogP contribution >= 0.6 is 0 Å². The van der Waals surface area contributed by atoms with Gasteiger partial charge in [-0.15, -0.1) is 0 Å². The summed E-state index contributed by atoms with van der Waals surface area (Å²) in [7, 11) is 1.53. The van der Waals surface area contributed by atoms with Gasteiger partial charge in [0.25, 0.3) is 5.91 Å². The third-order valence-electron chi connectivity index (χ3n) is 7.58. The van der Waals surface area contributed by atoms with E-state index < -0.39 is 5.60 Å². The minimum absolute atomic E-state index is 0.0942. The van der Waals surface area contributed by atoms with Crippen LogP contribution in [0, 0.1) is 24.7 Å². The fourth-order valence-corrected chi connectivity index (χ4v) is 6.53. The highest BCUT2D eigenvalue weighted by molar-refractivity contribution is 6.10. The molecule has 6 rings (SSSR count). The summed E-state index contributed by atoms with van der Waals surface area (Å²) in [4.78, 5) is 26.2. The topological polar surface area (TPSA) is 75.6 Å². The highest BCUT2D eigenvalue weighted by Gasteiger charge is 2.55. The van der Waals surface area contributed by atoms with Crippen LogP contribution in [0.3, 0.4) is 0 Å². The third-order valence-corrected chi connectivity index (χ3v) is 7.58. The number of methoxy groups -OCH3 is 1. The van der Waals surface area contributed by atoms with Gasteiger partial charge in [-0.1, -0.05) is 30.3 Å². The van der Waals surface area contributed by atoms with Gasteiger partial charge >= 0.3 is 0 Å². The molecule has 0 aliphatic heterocycles. The molecule has 162 valence electrons. The molecule has 2 N–H and O–H groups in total. The largest absolute Gasteiger partial charge is 0.496 e. The lowest BCUT2D eigenvalue weighted by atomic mass is 9.52. The third kappa shape index (κ3) is 3.55. The molecule has 1 amide bonds. The van der Waals surface area contributed by atoms with Crippen LogP contribution in [0.15, 0.2) is 42.5 Å². The number of hydrogen-bond donors (Lipinski definition) is 2. The maximum absolute atomic E-state index is 13.3. The van der Waals surface area contributed by atoms with Crippen molar-refractivity contribution in [2.45, 2.75) is 50.7 Å². The molecule has 5 nitrogen and oxygen atoms in total. The molecular weight excluding hydrogens is 390 g/mol. The summed E-state index contributed by atoms with van der Waals surface area (Å²) >= 11 is 0. The van der Waals surface area contributed by atoms with Crippen LogP contribution in [0.1, 0.15) is 63.9 Å². The Morgan fingerprint density at radius 2 is 1.71 bits per heavy atom. The van der Waals surface area contributed by atoms with Crippen LogP contribution in [0.4, 0.5) is 0 Å². The van der Waals surface area contributed by atoms with Gasteiger partial charge in [0, 0.05) is 17.2 Å². The highest BCUT2D eigenvalue weighted by atomic mass is 16.5. The molecule has 4 fully saturated rings. The standard InChI is InChI=1S/C26H29NO4/c1-15-8-18(24(28)17-6-4-3-5-7-17)11-21(31-2)22(15)25(29)27-23-19-9-16-10-20(23)14-26(30,12-16)13-19/h3-8,11,16,19-20,23,30H,9-10,12-14H2,1-2H3,(H,27,29). The summed E-state index contributed by atoms with van der Waals surface area (Å²) in [6.07, 6.45) is 4.66. The molecule has 2 aromatic carbocycles. The van der Waals surface area contributed by atoms with Gasteiger partial charge in [-0.3, -0.25) is 9.59 Å². The van der Waals surface area contributed by atoms with Crippen molar-refractivity contribution < 1.29 is 19.4 Å². The molecule has 2 aromatic rings. The van der Waals surface area contributed by atoms with E-state index in [0.717, 1.165) is 37.7 Å². The number of amides is 1. The molecule has 4 saturated carbocycles. The zero-order valence-corrected chi connectivity index (χ0v) is 18.1. The normalized spacial score (nSPS) is 30.8. The van der Waals surface area contributed by atoms with E-state index >= 15 is 0 Å². The molecule has 2 atom stereocenters. The average Bonchev–Trinajstić information content (AvgIpc) is 2.74. The van der Waals surface area contributed by atoms with Gasteiger partial charge in [-0.05, 0) is 74.5 Å². The predicted octanol–water partition coefficient (Wildman–Crippen LogP) is 3.90. The lowest BCUT2D eigenvalue weighted by Crippen LogP contribution is -2.61. The van der Waals surface area contributed by atoms with E-state index in [4.69, 9.17) is 4.74 Å². The molecule has 0 saturated heterocycles. The number of nitrogens with one attached hydrogen (secondary N) is 1. The molecule has 2 unspecified atom stereocenters. The molecule has 0 aromatic heterocycles. The number of ketones is 1. The Labute approximate surface area is 182 Å². The van der Waals surface area contributed by atoms with Crippen molar-refractivity contribution in [3.8, 4) is 5.75 Å². The van der Waals surface area contributed by atoms with Crippen LogP contribution in [0.2, 0.25) is 0 Å². The molecule has 0 spiro atoms. The number of benzene rings is 2. The number of aryl methyl sites for hydroxylation is 1. The van der Waals surface area contributed by atoms with E-state index in [1.54, 1.807) is 24.3 Å². The van der Waals surface area contributed by atoms with Crippen molar-refractivity contribution in [1.82, 2.24) is 5.32 Å². The Kier molecular flexibility index (Phi) is 4.89. The van der Waals surface area contributed by atoms with E-state index in [9.17, 15) is 14.7 Å². The zero-order chi connectivity index (χ0) is 21.8. The Hall–Kier alpha value is -2.66. The second-order valence-electron chi connectivity index (χ2n) is 9.76. The lowest BCUT2D eigenvalue weighted by Gasteiger charge is -2.58. The Morgan fingerprint density at radius 3 is 2.32 bits per heavy atom. The summed E-state index contributed by atoms with van der Waals surface area (Å²) in [6.45, 7) is 1.85. The van der Waals surface area contributed by atoms with Crippen LogP contribution in [-0.4, -0.2) is 35.5 Å². The van der Waals surface area contributed by atoms with Gasteiger partial charge in [0.05, 0.1) is 18.3 Å². The molecule has 4 aliphatic rings. The minimum Gasteiger partial charge on any atom is -0.496 e. The van der Waals surface area contributed by atoms with Crippen LogP contribution < -0.4 is 10.1 Å². The maximum atomic E-state index is 13.3. The first-order valence-electron chi connectivity index (χ1n) is 11.2. The fraction of sp³-hybridized carbons (Fsp3) is 0.462. The van der Waals surface area contributed by atoms with Gasteiger partial charge in [0.15, 0.2) is 5.78 Å². The van der Waals surface area contributed by atoms with Crippen molar-refractivity contribution in [2.24, 2.45) is 17.8 Å². The van der Waals surface area contributed by atoms with Crippen LogP contribution in [0.5, 0.6) is 5.75 Å². The fourth-order valence-electron chi connectivity index (χ4n) is 6.53. The van der Waals surface area contributed by atoms with Crippen molar-refractivity contribution in [3.05, 3.63) is 64.7 Å². The molecule has 0 radical (unpaired) electrons. The Bertz CT molecular complexity index is 1020. The van der Waals surface area contributed by atoms with E-state index in [1.807, 2.05) is 25.1 Å². The number of carbonyl (C=O) groups is 2. The van der Waals surface area contributed by atoms with Gasteiger partial charge in [0.1, 0.15) is 5.75 Å². The number of rotatable bonds is 5. The minimum atomic E-state index is -0.523. The van der Waals surface area contributed by atoms with Gasteiger partial charge in [-0.25, -0.2) is 0 Å². The average molecular weight is 420 g/mol. The Balaban J connectivity index is 1.40. The molecule has 31 heavy (non-hydrogen) atoms. The summed E-state index contributed by atoms with van der Waals surface area (Å²) < 4.78 is 5.54. The first-order chi connectivity index (χ1) is 14.9. The quantitative estimate of drug-likeness (QED) is 0.721. The van der Waals surface area contributed by atoms with E-state index in [1.165, 1.54) is 7.11 Å². The summed E-state index contributed by atoms with van der Waals surface area (Å²) in [5, 5.41) is 14.1. The summed E-state index contributed by atoms with van der Waals surface area (Å²) in [5.41, 5.74) is 1.80. The van der Waals surface area contributed by atoms with E-state index in [-0.39, 0.29) is 17.7 Å². The second-order valence-corrected chi connectivity index (χ2v) is 9.76. The number of hydrogen-bond acceptors (Lipinski definition) is 4. The maximum Gasteiger partial charge on any atom is 0.255 e. The molecule has 0 heterocycles. The highest BCUT2D eigenvalue weighted by Crippen LogP contribution is 2.55. The van der Waals surface area contributed by atoms with Crippen molar-refractivity contribution in [1.29, 1.82) is 0 Å². The van der Waals surface area contributed by atoms with E-state index in [0.29, 0.717) is 40.2 Å². The second kappa shape index (κ2) is 7.49. The molecular formula is C26H29NO4. The van der Waals surface area contributed by atoms with Crippen LogP contribution in [-0.2, 0) is 0 Å². The predicted molar refractivity (Wildman–Crippen MR) is 117 cm³/mol. The summed E-state index contributed by atoms with van der Waals surface area (Å²) in [5.74, 6) is 1.44. The monoisotopic (exact) mass is 419 g/mol. The van der Waals surface area contributed by atoms with Crippen molar-refractivity contribution in [3.63, 3.8) is 0 Å². The first-order valence-corrected chi connectivity index (χ1v) is 11.2. The number of aliphatic hydroxyl groups is 1. The molecule has 5 heteroatoms. The first kappa shape index (κ1) is 20.3. The van der Waals surface area contributed by atoms with Crippen molar-refractivity contribution >= 4 is 11.7 Å². The van der Waals surface area contributed by atoms with Gasteiger partial charge < -0.3 is 15.2 Å². The molecule has 4 aliphatic carbocycles.